The molecule has 0 bridgehead atoms. The van der Waals surface area contributed by atoms with E-state index >= 15 is 0 Å². The zero-order chi connectivity index (χ0) is 35.2. The van der Waals surface area contributed by atoms with Gasteiger partial charge in [-0.05, 0) is 75.2 Å². The number of phenolic OH excluding ortho intramolecular Hbond substituents is 1. The van der Waals surface area contributed by atoms with E-state index in [2.05, 4.69) is 5.32 Å². The predicted octanol–water partition coefficient (Wildman–Crippen LogP) is 3.29. The Morgan fingerprint density at radius 2 is 1.36 bits per heavy atom. The number of carbonyl (C=O) groups is 5. The molecule has 11 nitrogen and oxygen atoms in total. The lowest BCUT2D eigenvalue weighted by atomic mass is 9.84. The van der Waals surface area contributed by atoms with Crippen molar-refractivity contribution in [1.29, 1.82) is 0 Å². The minimum atomic E-state index is -0.801. The van der Waals surface area contributed by atoms with Crippen molar-refractivity contribution in [3.05, 3.63) is 29.8 Å². The third-order valence-corrected chi connectivity index (χ3v) is 9.77. The number of aromatic hydroxyl groups is 1. The summed E-state index contributed by atoms with van der Waals surface area (Å²) < 4.78 is 0. The Morgan fingerprint density at radius 3 is 1.89 bits per heavy atom. The van der Waals surface area contributed by atoms with Gasteiger partial charge in [-0.2, -0.15) is 0 Å². The summed E-state index contributed by atoms with van der Waals surface area (Å²) in [4.78, 5) is 75.5. The molecular formula is C36H57N5O6. The lowest BCUT2D eigenvalue weighted by Crippen LogP contribution is -2.58. The molecule has 2 saturated heterocycles. The fraction of sp³-hybridized carbons (Fsp3) is 0.694. The molecule has 11 heteroatoms. The quantitative estimate of drug-likeness (QED) is 0.315. The first kappa shape index (κ1) is 38.0. The fourth-order valence-electron chi connectivity index (χ4n) is 7.37. The van der Waals surface area contributed by atoms with Gasteiger partial charge in [-0.3, -0.25) is 28.9 Å². The van der Waals surface area contributed by atoms with Gasteiger partial charge in [0.05, 0.1) is 6.04 Å². The van der Waals surface area contributed by atoms with E-state index in [-0.39, 0.29) is 71.9 Å². The summed E-state index contributed by atoms with van der Waals surface area (Å²) in [7, 11) is 5.38. The fourth-order valence-corrected chi connectivity index (χ4v) is 7.37. The molecule has 3 rings (SSSR count). The van der Waals surface area contributed by atoms with Crippen LogP contribution in [0.1, 0.15) is 79.2 Å². The second-order valence-electron chi connectivity index (χ2n) is 14.6. The van der Waals surface area contributed by atoms with Gasteiger partial charge in [-0.15, -0.1) is 0 Å². The Labute approximate surface area is 281 Å². The number of amides is 4. The molecule has 0 radical (unpaired) electrons. The molecule has 47 heavy (non-hydrogen) atoms. The van der Waals surface area contributed by atoms with Crippen LogP contribution in [0.2, 0.25) is 0 Å². The van der Waals surface area contributed by atoms with Crippen molar-refractivity contribution < 1.29 is 29.1 Å². The summed E-state index contributed by atoms with van der Waals surface area (Å²) in [6.45, 7) is 12.8. The topological polar surface area (TPSA) is 131 Å². The van der Waals surface area contributed by atoms with E-state index in [9.17, 15) is 29.1 Å². The molecule has 5 unspecified atom stereocenters. The number of nitrogens with zero attached hydrogens (tertiary/aromatic N) is 4. The summed E-state index contributed by atoms with van der Waals surface area (Å²) in [6, 6.07) is 4.15. The number of Topliss-reactive ketones (excluding diaryl/α,β-unsaturated/α-hetero) is 1. The minimum absolute atomic E-state index is 0.00958. The van der Waals surface area contributed by atoms with Crippen molar-refractivity contribution in [3.8, 4) is 5.75 Å². The average Bonchev–Trinajstić information content (AvgIpc) is 3.69. The number of hydrogen-bond acceptors (Lipinski definition) is 7. The Balaban J connectivity index is 1.74. The van der Waals surface area contributed by atoms with E-state index < -0.39 is 24.0 Å². The first-order chi connectivity index (χ1) is 22.1. The first-order valence-corrected chi connectivity index (χ1v) is 17.2. The first-order valence-electron chi connectivity index (χ1n) is 17.2. The molecule has 2 heterocycles. The zero-order valence-electron chi connectivity index (χ0n) is 29.9. The van der Waals surface area contributed by atoms with Gasteiger partial charge in [0, 0.05) is 39.0 Å². The van der Waals surface area contributed by atoms with Crippen molar-refractivity contribution in [3.63, 3.8) is 0 Å². The molecule has 2 N–H and O–H groups in total. The van der Waals surface area contributed by atoms with Gasteiger partial charge >= 0.3 is 0 Å². The Kier molecular flexibility index (Phi) is 13.4. The van der Waals surface area contributed by atoms with Gasteiger partial charge in [-0.1, -0.05) is 53.7 Å². The molecule has 2 fully saturated rings. The number of carbonyl (C=O) groups excluding carboxylic acids is 5. The summed E-state index contributed by atoms with van der Waals surface area (Å²) >= 11 is 0. The minimum Gasteiger partial charge on any atom is -0.508 e. The molecule has 0 aromatic heterocycles. The normalized spacial score (nSPS) is 20.2. The highest BCUT2D eigenvalue weighted by Crippen LogP contribution is 2.29. The van der Waals surface area contributed by atoms with Crippen molar-refractivity contribution in [2.45, 2.75) is 104 Å². The Morgan fingerprint density at radius 1 is 0.809 bits per heavy atom. The summed E-state index contributed by atoms with van der Waals surface area (Å²) in [5.41, 5.74) is 0.833. The number of ketones is 1. The number of likely N-dealkylation sites (N-methyl/N-ethyl adjacent to an activating group) is 2. The van der Waals surface area contributed by atoms with Crippen LogP contribution in [0.15, 0.2) is 24.3 Å². The highest BCUT2D eigenvalue weighted by Gasteiger charge is 2.45. The van der Waals surface area contributed by atoms with Crippen molar-refractivity contribution in [2.75, 3.05) is 34.2 Å². The van der Waals surface area contributed by atoms with E-state index in [1.165, 1.54) is 4.90 Å². The Bertz CT molecular complexity index is 1250. The molecule has 0 aliphatic carbocycles. The highest BCUT2D eigenvalue weighted by molar-refractivity contribution is 5.96. The van der Waals surface area contributed by atoms with Crippen LogP contribution in [-0.2, 0) is 30.5 Å². The number of benzene rings is 1. The van der Waals surface area contributed by atoms with Crippen molar-refractivity contribution in [1.82, 2.24) is 24.9 Å². The van der Waals surface area contributed by atoms with Crippen LogP contribution in [0.4, 0.5) is 0 Å². The molecule has 1 aromatic carbocycles. The van der Waals surface area contributed by atoms with Crippen molar-refractivity contribution in [2.24, 2.45) is 23.7 Å². The van der Waals surface area contributed by atoms with Gasteiger partial charge in [0.15, 0.2) is 5.78 Å². The van der Waals surface area contributed by atoms with Crippen LogP contribution in [0.5, 0.6) is 5.75 Å². The van der Waals surface area contributed by atoms with Crippen molar-refractivity contribution >= 4 is 29.4 Å². The summed E-state index contributed by atoms with van der Waals surface area (Å²) in [6.07, 6.45) is 2.48. The predicted molar refractivity (Wildman–Crippen MR) is 181 cm³/mol. The van der Waals surface area contributed by atoms with E-state index in [4.69, 9.17) is 0 Å². The smallest absolute Gasteiger partial charge is 0.246 e. The molecule has 0 saturated carbocycles. The maximum Gasteiger partial charge on any atom is 0.246 e. The molecular weight excluding hydrogens is 598 g/mol. The molecule has 2 aliphatic rings. The second-order valence-corrected chi connectivity index (χ2v) is 14.6. The molecule has 0 spiro atoms. The molecule has 5 atom stereocenters. The van der Waals surface area contributed by atoms with Crippen LogP contribution in [0, 0.1) is 23.7 Å². The SMILES string of the molecule is CC(C)C(CC(=O)C(C(C)C)N(C)C)C(=O)N(C)C(C(=O)N1CCCC1C(=O)N1CCCC1C(=O)NCc1ccc(O)cc1)C(C)C. The summed E-state index contributed by atoms with van der Waals surface area (Å²) in [5.74, 6) is -1.67. The summed E-state index contributed by atoms with van der Waals surface area (Å²) in [5, 5.41) is 12.4. The molecule has 4 amide bonds. The van der Waals surface area contributed by atoms with Crippen LogP contribution in [0.25, 0.3) is 0 Å². The van der Waals surface area contributed by atoms with Gasteiger partial charge in [0.2, 0.25) is 23.6 Å². The number of phenols is 1. The van der Waals surface area contributed by atoms with Crippen LogP contribution < -0.4 is 5.32 Å². The highest BCUT2D eigenvalue weighted by atomic mass is 16.3. The lowest BCUT2D eigenvalue weighted by Gasteiger charge is -2.38. The van der Waals surface area contributed by atoms with Gasteiger partial charge in [0.25, 0.3) is 0 Å². The molecule has 262 valence electrons. The second kappa shape index (κ2) is 16.6. The average molecular weight is 656 g/mol. The number of rotatable bonds is 14. The molecule has 2 aliphatic heterocycles. The maximum absolute atomic E-state index is 14.3. The van der Waals surface area contributed by atoms with Crippen LogP contribution in [-0.4, -0.2) is 113 Å². The third kappa shape index (κ3) is 9.12. The van der Waals surface area contributed by atoms with Gasteiger partial charge in [0.1, 0.15) is 23.9 Å². The van der Waals surface area contributed by atoms with E-state index in [1.807, 2.05) is 60.5 Å². The largest absolute Gasteiger partial charge is 0.508 e. The van der Waals surface area contributed by atoms with E-state index in [1.54, 1.807) is 41.1 Å². The number of hydrogen-bond donors (Lipinski definition) is 2. The monoisotopic (exact) mass is 655 g/mol. The molecule has 1 aromatic rings. The standard InChI is InChI=1S/C36H57N5O6/c1-22(2)27(20-30(43)31(23(3)4)38(7)8)34(45)39(9)32(24(5)6)36(47)41-19-11-13-29(41)35(46)40-18-10-12-28(40)33(44)37-21-25-14-16-26(42)17-15-25/h14-17,22-24,27-29,31-32,42H,10-13,18-21H2,1-9H3,(H,37,44). The van der Waals surface area contributed by atoms with Gasteiger partial charge < -0.3 is 25.1 Å². The Hall–Kier alpha value is -3.47. The lowest BCUT2D eigenvalue weighted by molar-refractivity contribution is -0.154. The van der Waals surface area contributed by atoms with Crippen LogP contribution in [0.3, 0.4) is 0 Å². The number of nitrogens with one attached hydrogen (secondary N) is 1. The van der Waals surface area contributed by atoms with E-state index in [0.717, 1.165) is 5.56 Å². The van der Waals surface area contributed by atoms with Gasteiger partial charge in [-0.25, -0.2) is 0 Å². The zero-order valence-corrected chi connectivity index (χ0v) is 29.9. The van der Waals surface area contributed by atoms with Crippen LogP contribution >= 0.6 is 0 Å². The number of likely N-dealkylation sites (tertiary alicyclic amines) is 2. The maximum atomic E-state index is 14.3. The van der Waals surface area contributed by atoms with E-state index in [0.29, 0.717) is 38.8 Å². The third-order valence-electron chi connectivity index (χ3n) is 9.77.